The van der Waals surface area contributed by atoms with Gasteiger partial charge in [0.05, 0.1) is 12.5 Å². The summed E-state index contributed by atoms with van der Waals surface area (Å²) in [6, 6.07) is 11.4. The Bertz CT molecular complexity index is 804. The second kappa shape index (κ2) is 5.56. The highest BCUT2D eigenvalue weighted by atomic mass is 79.9. The molecular weight excluding hydrogens is 340 g/mol. The fourth-order valence-corrected chi connectivity index (χ4v) is 2.23. The van der Waals surface area contributed by atoms with Gasteiger partial charge in [0, 0.05) is 10.0 Å². The molecule has 0 aliphatic carbocycles. The molecule has 1 N–H and O–H groups in total. The molecule has 0 atom stereocenters. The number of nitrogens with zero attached hydrogens (tertiary/aromatic N) is 3. The summed E-state index contributed by atoms with van der Waals surface area (Å²) in [5, 5.41) is 11.2. The molecule has 5 nitrogen and oxygen atoms in total. The molecule has 0 bridgehead atoms. The summed E-state index contributed by atoms with van der Waals surface area (Å²) in [4.78, 5) is 0. The Labute approximate surface area is 128 Å². The lowest BCUT2D eigenvalue weighted by molar-refractivity contribution is 0.573. The van der Waals surface area contributed by atoms with Crippen molar-refractivity contribution in [3.05, 3.63) is 57.5 Å². The van der Waals surface area contributed by atoms with E-state index < -0.39 is 0 Å². The normalized spacial score (nSPS) is 11.2. The van der Waals surface area contributed by atoms with Crippen molar-refractivity contribution >= 4 is 34.4 Å². The minimum Gasteiger partial charge on any atom is -0.461 e. The lowest BCUT2D eigenvalue weighted by Gasteiger charge is -1.99. The molecule has 100 valence electrons. The lowest BCUT2D eigenvalue weighted by atomic mass is 10.2. The molecule has 1 aromatic carbocycles. The van der Waals surface area contributed by atoms with Gasteiger partial charge >= 0.3 is 0 Å². The number of nitrogens with one attached hydrogen (secondary N) is 1. The predicted molar refractivity (Wildman–Crippen MR) is 82.2 cm³/mol. The number of halogens is 1. The average Bonchev–Trinajstić information content (AvgIpc) is 3.08. The molecule has 0 radical (unpaired) electrons. The number of rotatable bonds is 3. The van der Waals surface area contributed by atoms with E-state index in [9.17, 15) is 0 Å². The summed E-state index contributed by atoms with van der Waals surface area (Å²) >= 11 is 8.64. The zero-order valence-corrected chi connectivity index (χ0v) is 12.6. The van der Waals surface area contributed by atoms with Crippen LogP contribution in [0.2, 0.25) is 0 Å². The van der Waals surface area contributed by atoms with Crippen LogP contribution in [0, 0.1) is 4.77 Å². The van der Waals surface area contributed by atoms with Gasteiger partial charge in [0.25, 0.3) is 0 Å². The summed E-state index contributed by atoms with van der Waals surface area (Å²) in [6.07, 6.45) is 3.29. The van der Waals surface area contributed by atoms with E-state index in [2.05, 4.69) is 31.2 Å². The Morgan fingerprint density at radius 2 is 2.15 bits per heavy atom. The van der Waals surface area contributed by atoms with E-state index in [0.717, 1.165) is 10.0 Å². The van der Waals surface area contributed by atoms with Crippen molar-refractivity contribution < 1.29 is 4.42 Å². The molecule has 2 heterocycles. The van der Waals surface area contributed by atoms with Crippen molar-refractivity contribution in [1.82, 2.24) is 14.9 Å². The second-order valence-electron chi connectivity index (χ2n) is 3.91. The van der Waals surface area contributed by atoms with E-state index in [4.69, 9.17) is 16.6 Å². The molecule has 0 unspecified atom stereocenters. The van der Waals surface area contributed by atoms with Gasteiger partial charge in [0.2, 0.25) is 10.6 Å². The fraction of sp³-hybridized carbons (Fsp3) is 0. The molecule has 20 heavy (non-hydrogen) atoms. The van der Waals surface area contributed by atoms with Gasteiger partial charge in [-0.05, 0) is 30.4 Å². The Morgan fingerprint density at radius 1 is 1.30 bits per heavy atom. The molecule has 0 aliphatic heterocycles. The number of aromatic amines is 1. The third-order valence-electron chi connectivity index (χ3n) is 2.61. The molecule has 2 aromatic heterocycles. The smallest absolute Gasteiger partial charge is 0.219 e. The molecule has 3 rings (SSSR count). The number of hydrogen-bond donors (Lipinski definition) is 1. The summed E-state index contributed by atoms with van der Waals surface area (Å²) < 4.78 is 8.20. The van der Waals surface area contributed by atoms with E-state index in [1.54, 1.807) is 24.6 Å². The van der Waals surface area contributed by atoms with Crippen molar-refractivity contribution in [2.24, 2.45) is 5.10 Å². The van der Waals surface area contributed by atoms with Crippen LogP contribution in [0.1, 0.15) is 5.56 Å². The van der Waals surface area contributed by atoms with Gasteiger partial charge in [-0.25, -0.2) is 5.10 Å². The van der Waals surface area contributed by atoms with E-state index >= 15 is 0 Å². The maximum Gasteiger partial charge on any atom is 0.219 e. The Morgan fingerprint density at radius 3 is 2.90 bits per heavy atom. The van der Waals surface area contributed by atoms with Crippen LogP contribution >= 0.6 is 28.1 Å². The van der Waals surface area contributed by atoms with Crippen molar-refractivity contribution in [2.45, 2.75) is 0 Å². The van der Waals surface area contributed by atoms with Gasteiger partial charge in [-0.1, -0.05) is 34.1 Å². The van der Waals surface area contributed by atoms with E-state index in [-0.39, 0.29) is 0 Å². The number of aromatic nitrogens is 3. The topological polar surface area (TPSA) is 59.1 Å². The SMILES string of the molecule is S=c1[nH]nc(-c2ccco2)n1/N=C\c1ccccc1Br. The van der Waals surface area contributed by atoms with Crippen molar-refractivity contribution in [1.29, 1.82) is 0 Å². The third kappa shape index (κ3) is 2.50. The first-order valence-corrected chi connectivity index (χ1v) is 6.96. The zero-order chi connectivity index (χ0) is 13.9. The predicted octanol–water partition coefficient (Wildman–Crippen LogP) is 3.85. The summed E-state index contributed by atoms with van der Waals surface area (Å²) in [6.45, 7) is 0. The molecule has 0 saturated heterocycles. The van der Waals surface area contributed by atoms with E-state index in [0.29, 0.717) is 16.4 Å². The molecule has 3 aromatic rings. The van der Waals surface area contributed by atoms with Gasteiger partial charge in [-0.15, -0.1) is 5.10 Å². The molecule has 0 fully saturated rings. The van der Waals surface area contributed by atoms with Crippen LogP contribution in [0.5, 0.6) is 0 Å². The number of furan rings is 1. The highest BCUT2D eigenvalue weighted by molar-refractivity contribution is 9.10. The number of hydrogen-bond acceptors (Lipinski definition) is 4. The largest absolute Gasteiger partial charge is 0.461 e. The van der Waals surface area contributed by atoms with Gasteiger partial charge in [-0.3, -0.25) is 0 Å². The van der Waals surface area contributed by atoms with Crippen LogP contribution in [-0.4, -0.2) is 21.1 Å². The Hall–Kier alpha value is -1.99. The highest BCUT2D eigenvalue weighted by Crippen LogP contribution is 2.18. The number of H-pyrrole nitrogens is 1. The van der Waals surface area contributed by atoms with Crippen molar-refractivity contribution in [3.63, 3.8) is 0 Å². The second-order valence-corrected chi connectivity index (χ2v) is 5.15. The Balaban J connectivity index is 2.02. The first-order chi connectivity index (χ1) is 9.75. The van der Waals surface area contributed by atoms with E-state index in [1.165, 1.54) is 4.68 Å². The highest BCUT2D eigenvalue weighted by Gasteiger charge is 2.10. The monoisotopic (exact) mass is 348 g/mol. The van der Waals surface area contributed by atoms with Crippen LogP contribution in [0.4, 0.5) is 0 Å². The van der Waals surface area contributed by atoms with Gasteiger partial charge in [0.15, 0.2) is 5.76 Å². The molecule has 0 aliphatic rings. The molecular formula is C13H9BrN4OS. The maximum atomic E-state index is 5.32. The average molecular weight is 349 g/mol. The van der Waals surface area contributed by atoms with E-state index in [1.807, 2.05) is 24.3 Å². The third-order valence-corrected chi connectivity index (χ3v) is 3.60. The first-order valence-electron chi connectivity index (χ1n) is 5.76. The minimum absolute atomic E-state index is 0.403. The first kappa shape index (κ1) is 13.0. The van der Waals surface area contributed by atoms with Crippen LogP contribution < -0.4 is 0 Å². The lowest BCUT2D eigenvalue weighted by Crippen LogP contribution is -1.94. The van der Waals surface area contributed by atoms with Gasteiger partial charge in [-0.2, -0.15) is 9.78 Å². The molecule has 0 saturated carbocycles. The fourth-order valence-electron chi connectivity index (χ4n) is 1.66. The van der Waals surface area contributed by atoms with Crippen LogP contribution in [-0.2, 0) is 0 Å². The van der Waals surface area contributed by atoms with Gasteiger partial charge in [0.1, 0.15) is 0 Å². The van der Waals surface area contributed by atoms with Gasteiger partial charge < -0.3 is 4.42 Å². The molecule has 7 heteroatoms. The maximum absolute atomic E-state index is 5.32. The molecule has 0 spiro atoms. The van der Waals surface area contributed by atoms with Crippen molar-refractivity contribution in [3.8, 4) is 11.6 Å². The van der Waals surface area contributed by atoms with Crippen molar-refractivity contribution in [2.75, 3.05) is 0 Å². The summed E-state index contributed by atoms with van der Waals surface area (Å²) in [7, 11) is 0. The Kier molecular flexibility index (Phi) is 3.62. The summed E-state index contributed by atoms with van der Waals surface area (Å²) in [5.41, 5.74) is 0.945. The molecule has 0 amide bonds. The van der Waals surface area contributed by atoms with Crippen LogP contribution in [0.15, 0.2) is 56.7 Å². The minimum atomic E-state index is 0.403. The summed E-state index contributed by atoms with van der Waals surface area (Å²) in [5.74, 6) is 1.13. The van der Waals surface area contributed by atoms with Crippen LogP contribution in [0.25, 0.3) is 11.6 Å². The zero-order valence-electron chi connectivity index (χ0n) is 10.2. The standard InChI is InChI=1S/C13H9BrN4OS/c14-10-5-2-1-4-9(10)8-15-18-12(16-17-13(18)20)11-6-3-7-19-11/h1-8H,(H,17,20)/b15-8-. The van der Waals surface area contributed by atoms with Crippen LogP contribution in [0.3, 0.4) is 0 Å². The number of benzene rings is 1. The quantitative estimate of drug-likeness (QED) is 0.577.